The van der Waals surface area contributed by atoms with Crippen molar-refractivity contribution in [1.29, 1.82) is 10.5 Å². The normalized spacial score (nSPS) is 19.1. The molecule has 0 aromatic heterocycles. The molecule has 0 spiro atoms. The zero-order valence-corrected chi connectivity index (χ0v) is 22.3. The molecule has 2 aliphatic carbocycles. The van der Waals surface area contributed by atoms with Crippen LogP contribution in [0.2, 0.25) is 0 Å². The Morgan fingerprint density at radius 2 is 1.03 bits per heavy atom. The summed E-state index contributed by atoms with van der Waals surface area (Å²) in [6, 6.07) is 13.8. The molecule has 0 aliphatic heterocycles. The standard InChI is InChI=1S/C30H38N4O4/c1-35-25-13-11-19(15-27(25)37-21-7-3-4-8-21)23(17-31)29(33)30(34)24(18-32)20-12-14-26(36-2)28(16-20)38-22-9-5-6-10-22/h11-16,21-24,29-30H,3-10,33-34H2,1-2H3. The third-order valence-electron chi connectivity index (χ3n) is 7.78. The van der Waals surface area contributed by atoms with Crippen molar-refractivity contribution in [2.24, 2.45) is 11.5 Å². The summed E-state index contributed by atoms with van der Waals surface area (Å²) in [6.45, 7) is 0. The van der Waals surface area contributed by atoms with E-state index in [9.17, 15) is 10.5 Å². The number of hydrogen-bond donors (Lipinski definition) is 2. The Morgan fingerprint density at radius 1 is 0.658 bits per heavy atom. The molecule has 0 saturated heterocycles. The number of nitrogens with zero attached hydrogens (tertiary/aromatic N) is 2. The van der Waals surface area contributed by atoms with Crippen LogP contribution in [-0.2, 0) is 0 Å². The molecule has 0 heterocycles. The summed E-state index contributed by atoms with van der Waals surface area (Å²) in [5.41, 5.74) is 14.6. The molecular formula is C30H38N4O4. The summed E-state index contributed by atoms with van der Waals surface area (Å²) in [6.07, 6.45) is 8.82. The first kappa shape index (κ1) is 27.6. The van der Waals surface area contributed by atoms with Crippen LogP contribution in [0.25, 0.3) is 0 Å². The van der Waals surface area contributed by atoms with Crippen LogP contribution in [0.15, 0.2) is 36.4 Å². The summed E-state index contributed by atoms with van der Waals surface area (Å²) in [5, 5.41) is 20.2. The van der Waals surface area contributed by atoms with Crippen molar-refractivity contribution in [3.05, 3.63) is 47.5 Å². The number of ether oxygens (including phenoxy) is 4. The third-order valence-corrected chi connectivity index (χ3v) is 7.78. The fraction of sp³-hybridized carbons (Fsp3) is 0.533. The number of hydrogen-bond acceptors (Lipinski definition) is 8. The van der Waals surface area contributed by atoms with Crippen LogP contribution in [0.1, 0.15) is 74.3 Å². The maximum atomic E-state index is 10.1. The van der Waals surface area contributed by atoms with Gasteiger partial charge in [0.15, 0.2) is 23.0 Å². The predicted molar refractivity (Wildman–Crippen MR) is 144 cm³/mol. The fourth-order valence-electron chi connectivity index (χ4n) is 5.54. The van der Waals surface area contributed by atoms with Crippen molar-refractivity contribution in [2.45, 2.75) is 87.5 Å². The van der Waals surface area contributed by atoms with E-state index in [0.717, 1.165) is 51.4 Å². The van der Waals surface area contributed by atoms with Gasteiger partial charge in [-0.15, -0.1) is 0 Å². The van der Waals surface area contributed by atoms with Gasteiger partial charge in [-0.25, -0.2) is 0 Å². The molecule has 8 heteroatoms. The van der Waals surface area contributed by atoms with Crippen LogP contribution in [-0.4, -0.2) is 38.5 Å². The number of nitriles is 2. The number of benzene rings is 2. The summed E-state index contributed by atoms with van der Waals surface area (Å²) in [4.78, 5) is 0. The molecule has 2 aliphatic rings. The summed E-state index contributed by atoms with van der Waals surface area (Å²) >= 11 is 0. The highest BCUT2D eigenvalue weighted by Crippen LogP contribution is 2.38. The van der Waals surface area contributed by atoms with Gasteiger partial charge in [0, 0.05) is 12.1 Å². The smallest absolute Gasteiger partial charge is 0.161 e. The number of nitrogens with two attached hydrogens (primary N) is 2. The molecule has 38 heavy (non-hydrogen) atoms. The first-order valence-corrected chi connectivity index (χ1v) is 13.5. The van der Waals surface area contributed by atoms with E-state index < -0.39 is 23.9 Å². The molecule has 4 unspecified atom stereocenters. The van der Waals surface area contributed by atoms with Gasteiger partial charge >= 0.3 is 0 Å². The van der Waals surface area contributed by atoms with Gasteiger partial charge in [-0.1, -0.05) is 12.1 Å². The summed E-state index contributed by atoms with van der Waals surface area (Å²) < 4.78 is 23.4. The summed E-state index contributed by atoms with van der Waals surface area (Å²) in [7, 11) is 3.19. The van der Waals surface area contributed by atoms with E-state index >= 15 is 0 Å². The molecule has 2 saturated carbocycles. The first-order valence-electron chi connectivity index (χ1n) is 13.5. The van der Waals surface area contributed by atoms with Crippen molar-refractivity contribution in [3.63, 3.8) is 0 Å². The van der Waals surface area contributed by atoms with E-state index in [0.29, 0.717) is 34.1 Å². The van der Waals surface area contributed by atoms with Crippen molar-refractivity contribution < 1.29 is 18.9 Å². The Balaban J connectivity index is 1.56. The summed E-state index contributed by atoms with van der Waals surface area (Å²) in [5.74, 6) is 0.920. The highest BCUT2D eigenvalue weighted by atomic mass is 16.5. The van der Waals surface area contributed by atoms with E-state index in [-0.39, 0.29) is 12.2 Å². The molecule has 4 rings (SSSR count). The second-order valence-corrected chi connectivity index (χ2v) is 10.2. The maximum Gasteiger partial charge on any atom is 0.161 e. The quantitative estimate of drug-likeness (QED) is 0.428. The van der Waals surface area contributed by atoms with E-state index in [1.165, 1.54) is 0 Å². The molecule has 2 fully saturated rings. The topological polar surface area (TPSA) is 137 Å². The van der Waals surface area contributed by atoms with Gasteiger partial charge < -0.3 is 30.4 Å². The first-order chi connectivity index (χ1) is 18.5. The number of rotatable bonds is 11. The Hall–Kier alpha value is -3.46. The Morgan fingerprint density at radius 3 is 1.34 bits per heavy atom. The molecule has 4 atom stereocenters. The van der Waals surface area contributed by atoms with Gasteiger partial charge in [0.05, 0.1) is 50.4 Å². The molecule has 202 valence electrons. The fourth-order valence-corrected chi connectivity index (χ4v) is 5.54. The largest absolute Gasteiger partial charge is 0.493 e. The zero-order chi connectivity index (χ0) is 27.1. The lowest BCUT2D eigenvalue weighted by atomic mass is 9.81. The lowest BCUT2D eigenvalue weighted by Crippen LogP contribution is -2.48. The SMILES string of the molecule is COc1ccc(C(C#N)C(N)C(N)C(C#N)c2ccc(OC)c(OC3CCCC3)c2)cc1OC1CCCC1. The van der Waals surface area contributed by atoms with Crippen LogP contribution < -0.4 is 30.4 Å². The Kier molecular flexibility index (Phi) is 9.33. The van der Waals surface area contributed by atoms with Crippen LogP contribution in [0.5, 0.6) is 23.0 Å². The molecule has 0 amide bonds. The van der Waals surface area contributed by atoms with Crippen LogP contribution in [0, 0.1) is 22.7 Å². The predicted octanol–water partition coefficient (Wildman–Crippen LogP) is 4.92. The Labute approximate surface area is 225 Å². The van der Waals surface area contributed by atoms with Gasteiger partial charge in [-0.05, 0) is 86.8 Å². The number of methoxy groups -OCH3 is 2. The monoisotopic (exact) mass is 518 g/mol. The highest BCUT2D eigenvalue weighted by Gasteiger charge is 2.33. The lowest BCUT2D eigenvalue weighted by molar-refractivity contribution is 0.200. The van der Waals surface area contributed by atoms with E-state index in [2.05, 4.69) is 12.1 Å². The van der Waals surface area contributed by atoms with Crippen molar-refractivity contribution in [2.75, 3.05) is 14.2 Å². The second-order valence-electron chi connectivity index (χ2n) is 10.2. The molecule has 2 aromatic rings. The molecule has 8 nitrogen and oxygen atoms in total. The second kappa shape index (κ2) is 12.9. The van der Waals surface area contributed by atoms with Gasteiger partial charge in [0.2, 0.25) is 0 Å². The van der Waals surface area contributed by atoms with Crippen molar-refractivity contribution in [3.8, 4) is 35.1 Å². The highest BCUT2D eigenvalue weighted by molar-refractivity contribution is 5.48. The minimum atomic E-state index is -0.807. The molecule has 2 aromatic carbocycles. The molecule has 4 N–H and O–H groups in total. The zero-order valence-electron chi connectivity index (χ0n) is 22.3. The van der Waals surface area contributed by atoms with E-state index in [1.807, 2.05) is 24.3 Å². The van der Waals surface area contributed by atoms with E-state index in [1.54, 1.807) is 26.4 Å². The molecule has 0 radical (unpaired) electrons. The van der Waals surface area contributed by atoms with Crippen LogP contribution in [0.4, 0.5) is 0 Å². The minimum Gasteiger partial charge on any atom is -0.493 e. The average molecular weight is 519 g/mol. The lowest BCUT2D eigenvalue weighted by Gasteiger charge is -2.29. The Bertz CT molecular complexity index is 1070. The van der Waals surface area contributed by atoms with Crippen LogP contribution >= 0.6 is 0 Å². The average Bonchev–Trinajstić information content (AvgIpc) is 3.64. The van der Waals surface area contributed by atoms with Gasteiger partial charge in [0.1, 0.15) is 0 Å². The van der Waals surface area contributed by atoms with Gasteiger partial charge in [-0.3, -0.25) is 0 Å². The van der Waals surface area contributed by atoms with Gasteiger partial charge in [0.25, 0.3) is 0 Å². The molecular weight excluding hydrogens is 480 g/mol. The minimum absolute atomic E-state index is 0.134. The molecule has 0 bridgehead atoms. The van der Waals surface area contributed by atoms with E-state index in [4.69, 9.17) is 30.4 Å². The van der Waals surface area contributed by atoms with Crippen molar-refractivity contribution in [1.82, 2.24) is 0 Å². The van der Waals surface area contributed by atoms with Crippen molar-refractivity contribution >= 4 is 0 Å². The third kappa shape index (κ3) is 6.15. The maximum absolute atomic E-state index is 10.1. The van der Waals surface area contributed by atoms with Crippen LogP contribution in [0.3, 0.4) is 0 Å². The van der Waals surface area contributed by atoms with Gasteiger partial charge in [-0.2, -0.15) is 10.5 Å².